The van der Waals surface area contributed by atoms with Gasteiger partial charge in [0.15, 0.2) is 16.4 Å². The number of hydrogen-bond donors (Lipinski definition) is 1. The molecular formula is C15H16F3NO6S. The zero-order chi connectivity index (χ0) is 19.4. The van der Waals surface area contributed by atoms with Crippen LogP contribution in [0.25, 0.3) is 0 Å². The fourth-order valence-electron chi connectivity index (χ4n) is 2.41. The van der Waals surface area contributed by atoms with E-state index in [2.05, 4.69) is 10.1 Å². The molecule has 0 aromatic heterocycles. The molecule has 1 saturated heterocycles. The highest BCUT2D eigenvalue weighted by Crippen LogP contribution is 2.24. The molecule has 0 spiro atoms. The SMILES string of the molecule is O=C(COC(=O)C[C@@H]1CCS(=O)(=O)C1)Nc1ccc(OC(F)(F)F)cc1. The molecule has 1 atom stereocenters. The summed E-state index contributed by atoms with van der Waals surface area (Å²) in [6.07, 6.45) is -4.51. The van der Waals surface area contributed by atoms with Gasteiger partial charge in [0, 0.05) is 12.1 Å². The third-order valence-corrected chi connectivity index (χ3v) is 5.35. The number of halogens is 3. The van der Waals surface area contributed by atoms with Gasteiger partial charge in [-0.3, -0.25) is 9.59 Å². The molecule has 7 nitrogen and oxygen atoms in total. The first-order valence-corrected chi connectivity index (χ1v) is 9.36. The van der Waals surface area contributed by atoms with Crippen LogP contribution in [-0.2, 0) is 24.2 Å². The molecule has 1 aromatic rings. The number of sulfone groups is 1. The summed E-state index contributed by atoms with van der Waals surface area (Å²) in [5, 5.41) is 2.35. The highest BCUT2D eigenvalue weighted by atomic mass is 32.2. The lowest BCUT2D eigenvalue weighted by atomic mass is 10.1. The predicted molar refractivity (Wildman–Crippen MR) is 84.1 cm³/mol. The van der Waals surface area contributed by atoms with Gasteiger partial charge in [0.1, 0.15) is 5.75 Å². The zero-order valence-electron chi connectivity index (χ0n) is 13.4. The van der Waals surface area contributed by atoms with Crippen LogP contribution in [0.4, 0.5) is 18.9 Å². The van der Waals surface area contributed by atoms with Gasteiger partial charge in [-0.15, -0.1) is 13.2 Å². The number of rotatable bonds is 6. The molecule has 26 heavy (non-hydrogen) atoms. The van der Waals surface area contributed by atoms with Crippen molar-refractivity contribution < 1.29 is 40.7 Å². The maximum Gasteiger partial charge on any atom is 0.573 e. The minimum atomic E-state index is -4.81. The van der Waals surface area contributed by atoms with Crippen LogP contribution in [0.2, 0.25) is 0 Å². The highest BCUT2D eigenvalue weighted by molar-refractivity contribution is 7.91. The largest absolute Gasteiger partial charge is 0.573 e. The molecule has 0 aliphatic carbocycles. The minimum Gasteiger partial charge on any atom is -0.456 e. The number of alkyl halides is 3. The van der Waals surface area contributed by atoms with Crippen molar-refractivity contribution in [3.63, 3.8) is 0 Å². The maximum atomic E-state index is 12.0. The van der Waals surface area contributed by atoms with Gasteiger partial charge in [0.2, 0.25) is 0 Å². The van der Waals surface area contributed by atoms with Crippen LogP contribution in [0, 0.1) is 5.92 Å². The number of carbonyl (C=O) groups is 2. The average Bonchev–Trinajstić information content (AvgIpc) is 2.84. The molecule has 0 radical (unpaired) electrons. The van der Waals surface area contributed by atoms with E-state index in [1.54, 1.807) is 0 Å². The number of benzene rings is 1. The topological polar surface area (TPSA) is 98.8 Å². The van der Waals surface area contributed by atoms with E-state index in [1.165, 1.54) is 12.1 Å². The van der Waals surface area contributed by atoms with Gasteiger partial charge in [-0.25, -0.2) is 8.42 Å². The Morgan fingerprint density at radius 1 is 1.19 bits per heavy atom. The number of anilines is 1. The number of carbonyl (C=O) groups excluding carboxylic acids is 2. The van der Waals surface area contributed by atoms with E-state index in [0.717, 1.165) is 12.1 Å². The standard InChI is InChI=1S/C15H16F3NO6S/c16-15(17,18)25-12-3-1-11(2-4-12)19-13(20)8-24-14(21)7-10-5-6-26(22,23)9-10/h1-4,10H,5-9H2,(H,19,20)/t10-/m0/s1. The van der Waals surface area contributed by atoms with Crippen LogP contribution in [0.15, 0.2) is 24.3 Å². The van der Waals surface area contributed by atoms with Crippen molar-refractivity contribution in [2.45, 2.75) is 19.2 Å². The molecule has 144 valence electrons. The van der Waals surface area contributed by atoms with E-state index in [1.807, 2.05) is 0 Å². The molecule has 0 saturated carbocycles. The Balaban J connectivity index is 1.74. The molecule has 1 fully saturated rings. The highest BCUT2D eigenvalue weighted by Gasteiger charge is 2.31. The normalized spacial score (nSPS) is 19.0. The summed E-state index contributed by atoms with van der Waals surface area (Å²) in [7, 11) is -3.10. The van der Waals surface area contributed by atoms with Crippen LogP contribution in [0.3, 0.4) is 0 Å². The maximum absolute atomic E-state index is 12.0. The second-order valence-corrected chi connectivity index (χ2v) is 7.98. The Morgan fingerprint density at radius 2 is 1.85 bits per heavy atom. The van der Waals surface area contributed by atoms with Gasteiger partial charge in [-0.1, -0.05) is 0 Å². The summed E-state index contributed by atoms with van der Waals surface area (Å²) in [6, 6.07) is 4.44. The first-order chi connectivity index (χ1) is 12.0. The Hall–Kier alpha value is -2.30. The van der Waals surface area contributed by atoms with Gasteiger partial charge < -0.3 is 14.8 Å². The lowest BCUT2D eigenvalue weighted by Gasteiger charge is -2.10. The third kappa shape index (κ3) is 6.90. The molecule has 0 bridgehead atoms. The van der Waals surface area contributed by atoms with E-state index in [0.29, 0.717) is 6.42 Å². The van der Waals surface area contributed by atoms with Gasteiger partial charge >= 0.3 is 12.3 Å². The molecule has 1 aliphatic rings. The summed E-state index contributed by atoms with van der Waals surface area (Å²) < 4.78 is 67.2. The second-order valence-electron chi connectivity index (χ2n) is 5.75. The van der Waals surface area contributed by atoms with Gasteiger partial charge in [-0.05, 0) is 36.6 Å². The van der Waals surface area contributed by atoms with Crippen molar-refractivity contribution in [3.8, 4) is 5.75 Å². The number of hydrogen-bond acceptors (Lipinski definition) is 6. The molecule has 0 unspecified atom stereocenters. The first kappa shape index (κ1) is 20.0. The fraction of sp³-hybridized carbons (Fsp3) is 0.467. The third-order valence-electron chi connectivity index (χ3n) is 3.52. The summed E-state index contributed by atoms with van der Waals surface area (Å²) in [5.74, 6) is -2.14. The van der Waals surface area contributed by atoms with Gasteiger partial charge in [0.25, 0.3) is 5.91 Å². The fourth-order valence-corrected chi connectivity index (χ4v) is 4.27. The molecule has 11 heteroatoms. The molecule has 1 N–H and O–H groups in total. The summed E-state index contributed by atoms with van der Waals surface area (Å²) in [4.78, 5) is 23.3. The van der Waals surface area contributed by atoms with Crippen molar-refractivity contribution in [1.29, 1.82) is 0 Å². The van der Waals surface area contributed by atoms with Crippen molar-refractivity contribution >= 4 is 27.4 Å². The van der Waals surface area contributed by atoms with Crippen molar-refractivity contribution in [3.05, 3.63) is 24.3 Å². The Labute approximate surface area is 147 Å². The van der Waals surface area contributed by atoms with E-state index in [9.17, 15) is 31.2 Å². The number of esters is 1. The van der Waals surface area contributed by atoms with Crippen molar-refractivity contribution in [1.82, 2.24) is 0 Å². The number of amides is 1. The lowest BCUT2D eigenvalue weighted by molar-refractivity contribution is -0.274. The minimum absolute atomic E-state index is 0.0412. The Morgan fingerprint density at radius 3 is 2.38 bits per heavy atom. The second kappa shape index (κ2) is 7.94. The molecule has 1 heterocycles. The summed E-state index contributed by atoms with van der Waals surface area (Å²) in [5.41, 5.74) is 0.197. The first-order valence-electron chi connectivity index (χ1n) is 7.54. The van der Waals surface area contributed by atoms with Crippen LogP contribution < -0.4 is 10.1 Å². The lowest BCUT2D eigenvalue weighted by Crippen LogP contribution is -2.22. The molecule has 1 amide bonds. The van der Waals surface area contributed by atoms with Gasteiger partial charge in [-0.2, -0.15) is 0 Å². The number of nitrogens with one attached hydrogen (secondary N) is 1. The average molecular weight is 395 g/mol. The van der Waals surface area contributed by atoms with E-state index >= 15 is 0 Å². The summed E-state index contributed by atoms with van der Waals surface area (Å²) >= 11 is 0. The molecule has 1 aliphatic heterocycles. The Bertz CT molecular complexity index is 761. The van der Waals surface area contributed by atoms with Crippen LogP contribution in [0.5, 0.6) is 5.75 Å². The zero-order valence-corrected chi connectivity index (χ0v) is 14.2. The van der Waals surface area contributed by atoms with E-state index in [-0.39, 0.29) is 29.5 Å². The molecule has 2 rings (SSSR count). The van der Waals surface area contributed by atoms with E-state index < -0.39 is 40.4 Å². The van der Waals surface area contributed by atoms with E-state index in [4.69, 9.17) is 4.74 Å². The van der Waals surface area contributed by atoms with Gasteiger partial charge in [0.05, 0.1) is 11.5 Å². The number of ether oxygens (including phenoxy) is 2. The van der Waals surface area contributed by atoms with Crippen LogP contribution in [0.1, 0.15) is 12.8 Å². The molecule has 1 aromatic carbocycles. The monoisotopic (exact) mass is 395 g/mol. The Kier molecular flexibility index (Phi) is 6.11. The molecular weight excluding hydrogens is 379 g/mol. The predicted octanol–water partition coefficient (Wildman–Crippen LogP) is 1.89. The van der Waals surface area contributed by atoms with Crippen molar-refractivity contribution in [2.24, 2.45) is 5.92 Å². The van der Waals surface area contributed by atoms with Crippen LogP contribution in [-0.4, -0.2) is 44.8 Å². The van der Waals surface area contributed by atoms with Crippen molar-refractivity contribution in [2.75, 3.05) is 23.4 Å². The summed E-state index contributed by atoms with van der Waals surface area (Å²) in [6.45, 7) is -0.584. The quantitative estimate of drug-likeness (QED) is 0.739. The smallest absolute Gasteiger partial charge is 0.456 e. The van der Waals surface area contributed by atoms with Crippen LogP contribution >= 0.6 is 0 Å².